The van der Waals surface area contributed by atoms with E-state index >= 15 is 0 Å². The normalized spacial score (nSPS) is 11.5. The van der Waals surface area contributed by atoms with Gasteiger partial charge in [-0.15, -0.1) is 0 Å². The fraction of sp³-hybridized carbons (Fsp3) is 0.0667. The highest BCUT2D eigenvalue weighted by Crippen LogP contribution is 2.23. The Morgan fingerprint density at radius 3 is 2.59 bits per heavy atom. The predicted molar refractivity (Wildman–Crippen MR) is 82.1 cm³/mol. The summed E-state index contributed by atoms with van der Waals surface area (Å²) in [5.74, 6) is 0.0537. The molecule has 1 aromatic carbocycles. The third-order valence-electron chi connectivity index (χ3n) is 2.93. The number of aromatic nitrogens is 2. The second-order valence-electron chi connectivity index (χ2n) is 4.56. The summed E-state index contributed by atoms with van der Waals surface area (Å²) in [4.78, 5) is 8.04. The largest absolute Gasteiger partial charge is 0.444 e. The molecule has 5 nitrogen and oxygen atoms in total. The van der Waals surface area contributed by atoms with Crippen molar-refractivity contribution in [1.29, 1.82) is 0 Å². The summed E-state index contributed by atoms with van der Waals surface area (Å²) in [6.07, 6.45) is 2.72. The highest BCUT2D eigenvalue weighted by molar-refractivity contribution is 7.90. The summed E-state index contributed by atoms with van der Waals surface area (Å²) in [6.45, 7) is 0. The van der Waals surface area contributed by atoms with Crippen LogP contribution in [-0.2, 0) is 15.6 Å². The van der Waals surface area contributed by atoms with E-state index in [0.29, 0.717) is 11.6 Å². The second-order valence-corrected chi connectivity index (χ2v) is 6.87. The monoisotopic (exact) mass is 334 g/mol. The van der Waals surface area contributed by atoms with Crippen LogP contribution < -0.4 is 0 Å². The number of oxazole rings is 1. The van der Waals surface area contributed by atoms with Crippen LogP contribution in [0, 0.1) is 0 Å². The fourth-order valence-electron chi connectivity index (χ4n) is 1.95. The minimum atomic E-state index is -3.68. The summed E-state index contributed by atoms with van der Waals surface area (Å²) in [6, 6.07) is 12.3. The molecule has 22 heavy (non-hydrogen) atoms. The first-order valence-electron chi connectivity index (χ1n) is 6.39. The van der Waals surface area contributed by atoms with Crippen LogP contribution in [0.1, 0.15) is 5.69 Å². The summed E-state index contributed by atoms with van der Waals surface area (Å²) in [5, 5.41) is -0.0600. The minimum absolute atomic E-state index is 0.0919. The van der Waals surface area contributed by atoms with Crippen LogP contribution in [0.4, 0.5) is 0 Å². The van der Waals surface area contributed by atoms with Gasteiger partial charge in [-0.05, 0) is 24.3 Å². The second kappa shape index (κ2) is 5.90. The molecular formula is C15H11ClN2O3S. The lowest BCUT2D eigenvalue weighted by Crippen LogP contribution is -2.08. The Bertz CT molecular complexity index is 892. The van der Waals surface area contributed by atoms with E-state index in [1.807, 2.05) is 30.3 Å². The van der Waals surface area contributed by atoms with E-state index in [1.54, 1.807) is 6.07 Å². The highest BCUT2D eigenvalue weighted by atomic mass is 35.5. The van der Waals surface area contributed by atoms with Crippen molar-refractivity contribution in [2.24, 2.45) is 0 Å². The first kappa shape index (κ1) is 14.7. The molecule has 0 aliphatic heterocycles. The molecule has 112 valence electrons. The van der Waals surface area contributed by atoms with Gasteiger partial charge in [0.15, 0.2) is 5.03 Å². The Morgan fingerprint density at radius 1 is 1.09 bits per heavy atom. The number of hydrogen-bond acceptors (Lipinski definition) is 5. The van der Waals surface area contributed by atoms with E-state index in [4.69, 9.17) is 16.0 Å². The lowest BCUT2D eigenvalue weighted by molar-refractivity contribution is 0.571. The third kappa shape index (κ3) is 3.03. The van der Waals surface area contributed by atoms with Crippen LogP contribution in [-0.4, -0.2) is 18.4 Å². The fourth-order valence-corrected chi connectivity index (χ4v) is 3.67. The molecule has 0 amide bonds. The van der Waals surface area contributed by atoms with Gasteiger partial charge in [0.1, 0.15) is 12.0 Å². The number of sulfone groups is 1. The SMILES string of the molecule is O=S(=O)(Cc1coc(-c2ccccc2)n1)c1ncccc1Cl. The number of nitrogens with zero attached hydrogens (tertiary/aromatic N) is 2. The molecule has 0 aliphatic rings. The number of halogens is 1. The molecule has 0 atom stereocenters. The molecule has 0 aliphatic carbocycles. The van der Waals surface area contributed by atoms with Gasteiger partial charge < -0.3 is 4.42 Å². The Labute approximate surface area is 132 Å². The van der Waals surface area contributed by atoms with Gasteiger partial charge in [0, 0.05) is 11.8 Å². The first-order chi connectivity index (χ1) is 10.6. The van der Waals surface area contributed by atoms with E-state index in [9.17, 15) is 8.42 Å². The smallest absolute Gasteiger partial charge is 0.226 e. The molecule has 0 saturated carbocycles. The van der Waals surface area contributed by atoms with E-state index in [0.717, 1.165) is 5.56 Å². The average Bonchev–Trinajstić information content (AvgIpc) is 2.96. The number of benzene rings is 1. The Hall–Kier alpha value is -2.18. The summed E-state index contributed by atoms with van der Waals surface area (Å²) >= 11 is 5.89. The van der Waals surface area contributed by atoms with Gasteiger partial charge in [-0.1, -0.05) is 29.8 Å². The lowest BCUT2D eigenvalue weighted by atomic mass is 10.2. The Morgan fingerprint density at radius 2 is 1.86 bits per heavy atom. The van der Waals surface area contributed by atoms with Gasteiger partial charge in [0.25, 0.3) is 0 Å². The van der Waals surface area contributed by atoms with Crippen LogP contribution in [0.3, 0.4) is 0 Å². The molecule has 2 heterocycles. The van der Waals surface area contributed by atoms with Crippen molar-refractivity contribution in [3.8, 4) is 11.5 Å². The topological polar surface area (TPSA) is 73.1 Å². The minimum Gasteiger partial charge on any atom is -0.444 e. The van der Waals surface area contributed by atoms with Crippen LogP contribution in [0.5, 0.6) is 0 Å². The molecule has 3 aromatic rings. The molecule has 0 unspecified atom stereocenters. The maximum atomic E-state index is 12.3. The molecule has 3 rings (SSSR count). The summed E-state index contributed by atoms with van der Waals surface area (Å²) < 4.78 is 30.0. The standard InChI is InChI=1S/C15H11ClN2O3S/c16-13-7-4-8-17-15(13)22(19,20)10-12-9-21-14(18-12)11-5-2-1-3-6-11/h1-9H,10H2. The molecule has 0 N–H and O–H groups in total. The highest BCUT2D eigenvalue weighted by Gasteiger charge is 2.22. The molecule has 0 saturated heterocycles. The van der Waals surface area contributed by atoms with Crippen molar-refractivity contribution < 1.29 is 12.8 Å². The van der Waals surface area contributed by atoms with Crippen molar-refractivity contribution in [3.63, 3.8) is 0 Å². The molecule has 2 aromatic heterocycles. The zero-order valence-corrected chi connectivity index (χ0v) is 12.9. The molecule has 0 radical (unpaired) electrons. The van der Waals surface area contributed by atoms with Crippen molar-refractivity contribution >= 4 is 21.4 Å². The van der Waals surface area contributed by atoms with Crippen LogP contribution in [0.15, 0.2) is 64.4 Å². The quantitative estimate of drug-likeness (QED) is 0.731. The maximum absolute atomic E-state index is 12.3. The van der Waals surface area contributed by atoms with Gasteiger partial charge in [-0.25, -0.2) is 18.4 Å². The van der Waals surface area contributed by atoms with Crippen molar-refractivity contribution in [2.75, 3.05) is 0 Å². The van der Waals surface area contributed by atoms with Crippen molar-refractivity contribution in [2.45, 2.75) is 10.8 Å². The van der Waals surface area contributed by atoms with Gasteiger partial charge in [-0.3, -0.25) is 0 Å². The molecule has 0 fully saturated rings. The zero-order chi connectivity index (χ0) is 15.6. The van der Waals surface area contributed by atoms with Crippen LogP contribution in [0.25, 0.3) is 11.5 Å². The van der Waals surface area contributed by atoms with Gasteiger partial charge in [0.2, 0.25) is 15.7 Å². The summed E-state index contributed by atoms with van der Waals surface area (Å²) in [5.41, 5.74) is 1.09. The molecular weight excluding hydrogens is 324 g/mol. The van der Waals surface area contributed by atoms with Gasteiger partial charge >= 0.3 is 0 Å². The Balaban J connectivity index is 1.88. The number of hydrogen-bond donors (Lipinski definition) is 0. The lowest BCUT2D eigenvalue weighted by Gasteiger charge is -2.02. The van der Waals surface area contributed by atoms with E-state index in [-0.39, 0.29) is 15.8 Å². The summed E-state index contributed by atoms with van der Waals surface area (Å²) in [7, 11) is -3.68. The Kier molecular flexibility index (Phi) is 3.96. The first-order valence-corrected chi connectivity index (χ1v) is 8.42. The van der Waals surface area contributed by atoms with Gasteiger partial charge in [0.05, 0.1) is 10.7 Å². The molecule has 0 spiro atoms. The molecule has 7 heteroatoms. The van der Waals surface area contributed by atoms with Crippen LogP contribution >= 0.6 is 11.6 Å². The zero-order valence-electron chi connectivity index (χ0n) is 11.3. The van der Waals surface area contributed by atoms with Gasteiger partial charge in [-0.2, -0.15) is 0 Å². The maximum Gasteiger partial charge on any atom is 0.226 e. The number of rotatable bonds is 4. The van der Waals surface area contributed by atoms with E-state index < -0.39 is 9.84 Å². The predicted octanol–water partition coefficient (Wildman–Crippen LogP) is 3.36. The van der Waals surface area contributed by atoms with Crippen molar-refractivity contribution in [1.82, 2.24) is 9.97 Å². The van der Waals surface area contributed by atoms with E-state index in [2.05, 4.69) is 9.97 Å². The van der Waals surface area contributed by atoms with E-state index in [1.165, 1.54) is 18.5 Å². The average molecular weight is 335 g/mol. The van der Waals surface area contributed by atoms with Crippen LogP contribution in [0.2, 0.25) is 5.02 Å². The van der Waals surface area contributed by atoms with Crippen molar-refractivity contribution in [3.05, 3.63) is 65.6 Å². The molecule has 0 bridgehead atoms. The number of pyridine rings is 1. The third-order valence-corrected chi connectivity index (χ3v) is 4.94.